The van der Waals surface area contributed by atoms with Crippen molar-refractivity contribution in [1.29, 1.82) is 0 Å². The van der Waals surface area contributed by atoms with Gasteiger partial charge in [-0.3, -0.25) is 4.90 Å². The lowest BCUT2D eigenvalue weighted by Crippen LogP contribution is -2.34. The van der Waals surface area contributed by atoms with Crippen molar-refractivity contribution in [1.82, 2.24) is 4.90 Å². The van der Waals surface area contributed by atoms with Crippen molar-refractivity contribution in [2.24, 2.45) is 5.73 Å². The number of hydrogen-bond acceptors (Lipinski definition) is 3. The zero-order valence-corrected chi connectivity index (χ0v) is 10.1. The molecule has 0 amide bonds. The van der Waals surface area contributed by atoms with Gasteiger partial charge >= 0.3 is 0 Å². The molecule has 0 aliphatic heterocycles. The van der Waals surface area contributed by atoms with E-state index in [1.807, 2.05) is 6.07 Å². The third-order valence-electron chi connectivity index (χ3n) is 2.62. The zero-order chi connectivity index (χ0) is 11.6. The molecule has 1 rings (SSSR count). The monoisotopic (exact) mass is 222 g/mol. The molecule has 0 aromatic heterocycles. The first kappa shape index (κ1) is 13.2. The van der Waals surface area contributed by atoms with E-state index in [9.17, 15) is 0 Å². The Morgan fingerprint density at radius 1 is 1.12 bits per heavy atom. The molecule has 0 fully saturated rings. The minimum Gasteiger partial charge on any atom is -0.383 e. The van der Waals surface area contributed by atoms with Crippen molar-refractivity contribution in [3.63, 3.8) is 0 Å². The predicted molar refractivity (Wildman–Crippen MR) is 67.5 cm³/mol. The van der Waals surface area contributed by atoms with Gasteiger partial charge in [-0.05, 0) is 12.0 Å². The van der Waals surface area contributed by atoms with Gasteiger partial charge in [0.2, 0.25) is 0 Å². The SMILES string of the molecule is COCCN(CCN)CCc1ccccc1. The fourth-order valence-electron chi connectivity index (χ4n) is 1.67. The normalized spacial score (nSPS) is 10.9. The minimum atomic E-state index is 0.707. The van der Waals surface area contributed by atoms with E-state index in [2.05, 4.69) is 29.2 Å². The smallest absolute Gasteiger partial charge is 0.0589 e. The second-order valence-electron chi connectivity index (χ2n) is 3.86. The number of nitrogens with two attached hydrogens (primary N) is 1. The average molecular weight is 222 g/mol. The molecule has 0 heterocycles. The summed E-state index contributed by atoms with van der Waals surface area (Å²) in [5.41, 5.74) is 6.96. The molecule has 0 atom stereocenters. The van der Waals surface area contributed by atoms with Crippen LogP contribution < -0.4 is 5.73 Å². The van der Waals surface area contributed by atoms with Gasteiger partial charge in [-0.1, -0.05) is 30.3 Å². The highest BCUT2D eigenvalue weighted by Gasteiger charge is 2.03. The fourth-order valence-corrected chi connectivity index (χ4v) is 1.67. The van der Waals surface area contributed by atoms with Gasteiger partial charge in [0.1, 0.15) is 0 Å². The van der Waals surface area contributed by atoms with Crippen molar-refractivity contribution < 1.29 is 4.74 Å². The highest BCUT2D eigenvalue weighted by atomic mass is 16.5. The Kier molecular flexibility index (Phi) is 6.81. The number of hydrogen-bond donors (Lipinski definition) is 1. The van der Waals surface area contributed by atoms with Gasteiger partial charge < -0.3 is 10.5 Å². The van der Waals surface area contributed by atoms with Crippen LogP contribution in [0.1, 0.15) is 5.56 Å². The summed E-state index contributed by atoms with van der Waals surface area (Å²) < 4.78 is 5.09. The Bertz CT molecular complexity index is 264. The lowest BCUT2D eigenvalue weighted by molar-refractivity contribution is 0.150. The largest absolute Gasteiger partial charge is 0.383 e. The Balaban J connectivity index is 2.31. The Hall–Kier alpha value is -0.900. The van der Waals surface area contributed by atoms with Crippen LogP contribution in [0.15, 0.2) is 30.3 Å². The van der Waals surface area contributed by atoms with E-state index >= 15 is 0 Å². The van der Waals surface area contributed by atoms with Gasteiger partial charge in [-0.25, -0.2) is 0 Å². The van der Waals surface area contributed by atoms with Crippen LogP contribution in [-0.4, -0.2) is 44.8 Å². The van der Waals surface area contributed by atoms with E-state index < -0.39 is 0 Å². The van der Waals surface area contributed by atoms with Crippen LogP contribution in [0.5, 0.6) is 0 Å². The van der Waals surface area contributed by atoms with Crippen LogP contribution in [0.2, 0.25) is 0 Å². The second kappa shape index (κ2) is 8.28. The summed E-state index contributed by atoms with van der Waals surface area (Å²) in [6.45, 7) is 4.43. The molecule has 90 valence electrons. The molecule has 1 aromatic rings. The number of ether oxygens (including phenoxy) is 1. The summed E-state index contributed by atoms with van der Waals surface area (Å²) >= 11 is 0. The summed E-state index contributed by atoms with van der Waals surface area (Å²) in [6, 6.07) is 10.5. The van der Waals surface area contributed by atoms with E-state index in [1.165, 1.54) is 5.56 Å². The lowest BCUT2D eigenvalue weighted by Gasteiger charge is -2.20. The second-order valence-corrected chi connectivity index (χ2v) is 3.86. The highest BCUT2D eigenvalue weighted by molar-refractivity contribution is 5.14. The van der Waals surface area contributed by atoms with E-state index in [1.54, 1.807) is 7.11 Å². The quantitative estimate of drug-likeness (QED) is 0.717. The molecule has 0 bridgehead atoms. The summed E-state index contributed by atoms with van der Waals surface area (Å²) in [5, 5.41) is 0. The molecule has 0 saturated heterocycles. The maximum absolute atomic E-state index is 5.59. The maximum Gasteiger partial charge on any atom is 0.0589 e. The van der Waals surface area contributed by atoms with E-state index in [4.69, 9.17) is 10.5 Å². The van der Waals surface area contributed by atoms with Crippen LogP contribution in [-0.2, 0) is 11.2 Å². The summed E-state index contributed by atoms with van der Waals surface area (Å²) in [6.07, 6.45) is 1.07. The van der Waals surface area contributed by atoms with Crippen LogP contribution in [0.25, 0.3) is 0 Å². The average Bonchev–Trinajstić information content (AvgIpc) is 2.34. The van der Waals surface area contributed by atoms with Gasteiger partial charge in [0, 0.05) is 33.3 Å². The molecule has 2 N–H and O–H groups in total. The number of rotatable bonds is 8. The minimum absolute atomic E-state index is 0.707. The van der Waals surface area contributed by atoms with E-state index in [0.717, 1.165) is 32.7 Å². The summed E-state index contributed by atoms with van der Waals surface area (Å²) in [4.78, 5) is 2.34. The first-order chi connectivity index (χ1) is 7.86. The van der Waals surface area contributed by atoms with Crippen molar-refractivity contribution in [2.45, 2.75) is 6.42 Å². The standard InChI is InChI=1S/C13H22N2O/c1-16-12-11-15(10-8-14)9-7-13-5-3-2-4-6-13/h2-6H,7-12,14H2,1H3. The first-order valence-corrected chi connectivity index (χ1v) is 5.82. The molecule has 0 saturated carbocycles. The molecule has 3 heteroatoms. The lowest BCUT2D eigenvalue weighted by atomic mass is 10.1. The van der Waals surface area contributed by atoms with E-state index in [-0.39, 0.29) is 0 Å². The summed E-state index contributed by atoms with van der Waals surface area (Å²) in [5.74, 6) is 0. The van der Waals surface area contributed by atoms with Crippen molar-refractivity contribution >= 4 is 0 Å². The molecular weight excluding hydrogens is 200 g/mol. The molecule has 3 nitrogen and oxygen atoms in total. The van der Waals surface area contributed by atoms with Crippen LogP contribution in [0.3, 0.4) is 0 Å². The number of benzene rings is 1. The number of nitrogens with zero attached hydrogens (tertiary/aromatic N) is 1. The van der Waals surface area contributed by atoms with Gasteiger partial charge in [0.05, 0.1) is 6.61 Å². The van der Waals surface area contributed by atoms with E-state index in [0.29, 0.717) is 6.54 Å². The van der Waals surface area contributed by atoms with Gasteiger partial charge in [0.15, 0.2) is 0 Å². The third-order valence-corrected chi connectivity index (χ3v) is 2.62. The maximum atomic E-state index is 5.59. The molecule has 0 unspecified atom stereocenters. The Morgan fingerprint density at radius 3 is 2.50 bits per heavy atom. The van der Waals surface area contributed by atoms with Crippen molar-refractivity contribution in [3.05, 3.63) is 35.9 Å². The van der Waals surface area contributed by atoms with Crippen molar-refractivity contribution in [3.8, 4) is 0 Å². The van der Waals surface area contributed by atoms with Gasteiger partial charge in [-0.2, -0.15) is 0 Å². The molecule has 0 aliphatic rings. The van der Waals surface area contributed by atoms with Gasteiger partial charge in [0.25, 0.3) is 0 Å². The molecule has 0 radical (unpaired) electrons. The Labute approximate surface area is 98.2 Å². The topological polar surface area (TPSA) is 38.5 Å². The van der Waals surface area contributed by atoms with Crippen LogP contribution in [0, 0.1) is 0 Å². The molecule has 0 spiro atoms. The first-order valence-electron chi connectivity index (χ1n) is 5.82. The Morgan fingerprint density at radius 2 is 1.88 bits per heavy atom. The highest BCUT2D eigenvalue weighted by Crippen LogP contribution is 2.01. The van der Waals surface area contributed by atoms with Crippen LogP contribution in [0.4, 0.5) is 0 Å². The van der Waals surface area contributed by atoms with Gasteiger partial charge in [-0.15, -0.1) is 0 Å². The number of methoxy groups -OCH3 is 1. The summed E-state index contributed by atoms with van der Waals surface area (Å²) in [7, 11) is 1.73. The zero-order valence-electron chi connectivity index (χ0n) is 10.1. The molecular formula is C13H22N2O. The van der Waals surface area contributed by atoms with Crippen LogP contribution >= 0.6 is 0 Å². The predicted octanol–water partition coefficient (Wildman–Crippen LogP) is 1.14. The molecule has 16 heavy (non-hydrogen) atoms. The van der Waals surface area contributed by atoms with Crippen molar-refractivity contribution in [2.75, 3.05) is 39.9 Å². The molecule has 0 aliphatic carbocycles. The molecule has 1 aromatic carbocycles. The fraction of sp³-hybridized carbons (Fsp3) is 0.538. The third kappa shape index (κ3) is 5.26.